The maximum atomic E-state index is 6.30. The third-order valence-electron chi connectivity index (χ3n) is 3.34. The molecule has 2 heterocycles. The number of nitrogens with zero attached hydrogens (tertiary/aromatic N) is 4. The lowest BCUT2D eigenvalue weighted by atomic mass is 10.1. The third-order valence-corrected chi connectivity index (χ3v) is 3.63. The Bertz CT molecular complexity index is 586. The van der Waals surface area contributed by atoms with Gasteiger partial charge in [-0.25, -0.2) is 5.43 Å². The lowest BCUT2D eigenvalue weighted by Crippen LogP contribution is -2.32. The van der Waals surface area contributed by atoms with Crippen LogP contribution in [0.3, 0.4) is 0 Å². The molecule has 0 fully saturated rings. The Morgan fingerprint density at radius 3 is 2.65 bits per heavy atom. The van der Waals surface area contributed by atoms with Gasteiger partial charge in [-0.3, -0.25) is 15.2 Å². The highest BCUT2D eigenvalue weighted by Gasteiger charge is 2.25. The Hall–Kier alpha value is -1.37. The summed E-state index contributed by atoms with van der Waals surface area (Å²) in [6.45, 7) is 6.19. The van der Waals surface area contributed by atoms with Gasteiger partial charge in [0.15, 0.2) is 0 Å². The lowest BCUT2D eigenvalue weighted by molar-refractivity contribution is 0.464. The van der Waals surface area contributed by atoms with Gasteiger partial charge >= 0.3 is 0 Å². The van der Waals surface area contributed by atoms with Crippen molar-refractivity contribution in [1.29, 1.82) is 0 Å². The number of aryl methyl sites for hydroxylation is 2. The minimum absolute atomic E-state index is 0.201. The Balaban J connectivity index is 2.52. The fourth-order valence-corrected chi connectivity index (χ4v) is 2.56. The van der Waals surface area contributed by atoms with Crippen LogP contribution in [0.15, 0.2) is 12.3 Å². The number of hydrogen-bond acceptors (Lipinski definition) is 4. The fourth-order valence-electron chi connectivity index (χ4n) is 2.32. The monoisotopic (exact) mass is 296 g/mol. The van der Waals surface area contributed by atoms with Crippen LogP contribution in [0, 0.1) is 0 Å². The van der Waals surface area contributed by atoms with E-state index >= 15 is 0 Å². The Morgan fingerprint density at radius 2 is 2.15 bits per heavy atom. The van der Waals surface area contributed by atoms with E-state index in [1.807, 2.05) is 22.5 Å². The minimum atomic E-state index is -0.245. The van der Waals surface area contributed by atoms with E-state index in [9.17, 15) is 0 Å². The molecule has 0 radical (unpaired) electrons. The Labute approximate surface area is 123 Å². The first-order chi connectivity index (χ1) is 9.49. The van der Waals surface area contributed by atoms with Crippen LogP contribution >= 0.6 is 11.6 Å². The Kier molecular flexibility index (Phi) is 4.47. The summed E-state index contributed by atoms with van der Waals surface area (Å²) in [7, 11) is 1.91. The molecule has 7 heteroatoms. The van der Waals surface area contributed by atoms with Gasteiger partial charge in [-0.15, -0.1) is 0 Å². The van der Waals surface area contributed by atoms with Crippen LogP contribution in [-0.4, -0.2) is 19.6 Å². The quantitative estimate of drug-likeness (QED) is 0.653. The van der Waals surface area contributed by atoms with E-state index in [-0.39, 0.29) is 12.1 Å². The van der Waals surface area contributed by atoms with Gasteiger partial charge in [-0.1, -0.05) is 18.5 Å². The summed E-state index contributed by atoms with van der Waals surface area (Å²) in [6.07, 6.45) is 2.53. The molecule has 0 amide bonds. The molecule has 1 unspecified atom stereocenters. The number of aromatic nitrogens is 4. The van der Waals surface area contributed by atoms with Crippen molar-refractivity contribution < 1.29 is 0 Å². The van der Waals surface area contributed by atoms with Gasteiger partial charge in [0.2, 0.25) is 0 Å². The smallest absolute Gasteiger partial charge is 0.106 e. The highest BCUT2D eigenvalue weighted by atomic mass is 35.5. The molecule has 20 heavy (non-hydrogen) atoms. The van der Waals surface area contributed by atoms with Gasteiger partial charge in [0, 0.05) is 13.1 Å². The number of nitrogens with one attached hydrogen (secondary N) is 1. The predicted octanol–water partition coefficient (Wildman–Crippen LogP) is 1.97. The third kappa shape index (κ3) is 2.59. The van der Waals surface area contributed by atoms with E-state index in [0.29, 0.717) is 5.02 Å². The second-order valence-electron chi connectivity index (χ2n) is 5.05. The molecule has 110 valence electrons. The summed E-state index contributed by atoms with van der Waals surface area (Å²) in [6, 6.07) is 2.00. The molecule has 0 aliphatic carbocycles. The van der Waals surface area contributed by atoms with E-state index in [0.717, 1.165) is 23.5 Å². The zero-order valence-corrected chi connectivity index (χ0v) is 13.0. The Morgan fingerprint density at radius 1 is 1.45 bits per heavy atom. The predicted molar refractivity (Wildman–Crippen MR) is 79.4 cm³/mol. The first kappa shape index (κ1) is 15.0. The minimum Gasteiger partial charge on any atom is -0.270 e. The molecule has 3 N–H and O–H groups in total. The summed E-state index contributed by atoms with van der Waals surface area (Å²) in [5.41, 5.74) is 5.67. The molecule has 0 aliphatic rings. The first-order valence-corrected chi connectivity index (χ1v) is 7.09. The highest BCUT2D eigenvalue weighted by molar-refractivity contribution is 6.31. The summed E-state index contributed by atoms with van der Waals surface area (Å²) in [4.78, 5) is 0. The second kappa shape index (κ2) is 5.95. The molecule has 0 aliphatic heterocycles. The van der Waals surface area contributed by atoms with Gasteiger partial charge in [0.05, 0.1) is 28.3 Å². The second-order valence-corrected chi connectivity index (χ2v) is 5.46. The molecule has 0 spiro atoms. The van der Waals surface area contributed by atoms with Crippen molar-refractivity contribution in [2.75, 3.05) is 0 Å². The van der Waals surface area contributed by atoms with Gasteiger partial charge < -0.3 is 0 Å². The number of hydrogen-bond donors (Lipinski definition) is 2. The lowest BCUT2D eigenvalue weighted by Gasteiger charge is -2.20. The number of nitrogens with two attached hydrogens (primary N) is 1. The zero-order chi connectivity index (χ0) is 14.9. The van der Waals surface area contributed by atoms with Gasteiger partial charge in [0.25, 0.3) is 0 Å². The van der Waals surface area contributed by atoms with Crippen molar-refractivity contribution in [3.8, 4) is 0 Å². The van der Waals surface area contributed by atoms with Crippen LogP contribution < -0.4 is 11.3 Å². The van der Waals surface area contributed by atoms with Crippen LogP contribution in [0.5, 0.6) is 0 Å². The van der Waals surface area contributed by atoms with Crippen LogP contribution in [0.25, 0.3) is 0 Å². The van der Waals surface area contributed by atoms with Crippen LogP contribution in [0.1, 0.15) is 49.9 Å². The van der Waals surface area contributed by atoms with Gasteiger partial charge in [0.1, 0.15) is 6.04 Å². The maximum absolute atomic E-state index is 6.30. The van der Waals surface area contributed by atoms with Crippen LogP contribution in [0.4, 0.5) is 0 Å². The average Bonchev–Trinajstić information content (AvgIpc) is 2.96. The number of rotatable bonds is 5. The molecule has 0 bridgehead atoms. The van der Waals surface area contributed by atoms with Crippen molar-refractivity contribution >= 4 is 11.6 Å². The first-order valence-electron chi connectivity index (χ1n) is 6.71. The molecule has 0 saturated heterocycles. The normalized spacial score (nSPS) is 13.2. The molecular formula is C13H21ClN6. The van der Waals surface area contributed by atoms with Crippen molar-refractivity contribution in [3.05, 3.63) is 34.4 Å². The maximum Gasteiger partial charge on any atom is 0.106 e. The van der Waals surface area contributed by atoms with E-state index in [1.165, 1.54) is 0 Å². The average molecular weight is 297 g/mol. The van der Waals surface area contributed by atoms with Crippen molar-refractivity contribution in [2.24, 2.45) is 12.9 Å². The molecule has 0 saturated carbocycles. The molecule has 1 atom stereocenters. The summed E-state index contributed by atoms with van der Waals surface area (Å²) >= 11 is 6.30. The highest BCUT2D eigenvalue weighted by Crippen LogP contribution is 2.29. The summed E-state index contributed by atoms with van der Waals surface area (Å²) in [5.74, 6) is 5.76. The molecule has 2 aromatic heterocycles. The molecule has 2 aromatic rings. The molecule has 0 aromatic carbocycles. The number of hydrazine groups is 1. The van der Waals surface area contributed by atoms with E-state index in [2.05, 4.69) is 36.4 Å². The van der Waals surface area contributed by atoms with E-state index in [4.69, 9.17) is 17.4 Å². The summed E-state index contributed by atoms with van der Waals surface area (Å²) < 4.78 is 3.71. The SMILES string of the molecule is CCc1cc(C(NN)c2c(Cl)cnn2C(C)C)n(C)n1. The fraction of sp³-hybridized carbons (Fsp3) is 0.538. The van der Waals surface area contributed by atoms with Crippen molar-refractivity contribution in [3.63, 3.8) is 0 Å². The van der Waals surface area contributed by atoms with Gasteiger partial charge in [-0.2, -0.15) is 10.2 Å². The van der Waals surface area contributed by atoms with E-state index in [1.54, 1.807) is 6.20 Å². The zero-order valence-electron chi connectivity index (χ0n) is 12.3. The number of halogens is 1. The van der Waals surface area contributed by atoms with Gasteiger partial charge in [-0.05, 0) is 26.3 Å². The molecular weight excluding hydrogens is 276 g/mol. The molecule has 2 rings (SSSR count). The topological polar surface area (TPSA) is 73.7 Å². The van der Waals surface area contributed by atoms with Crippen LogP contribution in [0.2, 0.25) is 5.02 Å². The largest absolute Gasteiger partial charge is 0.270 e. The van der Waals surface area contributed by atoms with E-state index < -0.39 is 0 Å². The van der Waals surface area contributed by atoms with Crippen molar-refractivity contribution in [2.45, 2.75) is 39.3 Å². The van der Waals surface area contributed by atoms with Crippen LogP contribution in [-0.2, 0) is 13.5 Å². The summed E-state index contributed by atoms with van der Waals surface area (Å²) in [5, 5.41) is 9.38. The van der Waals surface area contributed by atoms with Crippen molar-refractivity contribution in [1.82, 2.24) is 25.0 Å². The molecule has 6 nitrogen and oxygen atoms in total. The standard InChI is InChI=1S/C13H21ClN6/c1-5-9-6-11(19(4)18-9)12(17-15)13-10(14)7-16-20(13)8(2)3/h6-8,12,17H,5,15H2,1-4H3.